The predicted molar refractivity (Wildman–Crippen MR) is 139 cm³/mol. The van der Waals surface area contributed by atoms with Gasteiger partial charge < -0.3 is 34.6 Å². The smallest absolute Gasteiger partial charge is 0.409 e. The Labute approximate surface area is 216 Å². The van der Waals surface area contributed by atoms with E-state index in [4.69, 9.17) is 24.0 Å². The van der Waals surface area contributed by atoms with E-state index in [0.29, 0.717) is 49.4 Å². The SMILES string of the molecule is CCOC(=O)N1CC(Nc2nc(-c3cccc(OCC(O)CNC)c3)nc(-c3c(C)noc3C)c2C)C1. The predicted octanol–water partition coefficient (Wildman–Crippen LogP) is 2.94. The Morgan fingerprint density at radius 2 is 2.05 bits per heavy atom. The number of aromatic nitrogens is 3. The van der Waals surface area contributed by atoms with Crippen molar-refractivity contribution >= 4 is 11.9 Å². The summed E-state index contributed by atoms with van der Waals surface area (Å²) in [6.07, 6.45) is -0.934. The van der Waals surface area contributed by atoms with Gasteiger partial charge in [0.05, 0.1) is 29.6 Å². The highest BCUT2D eigenvalue weighted by Gasteiger charge is 2.32. The van der Waals surface area contributed by atoms with Crippen LogP contribution in [0.25, 0.3) is 22.6 Å². The highest BCUT2D eigenvalue weighted by molar-refractivity contribution is 5.75. The van der Waals surface area contributed by atoms with Gasteiger partial charge in [0.2, 0.25) is 0 Å². The summed E-state index contributed by atoms with van der Waals surface area (Å²) < 4.78 is 16.3. The minimum Gasteiger partial charge on any atom is -0.491 e. The first-order valence-electron chi connectivity index (χ1n) is 12.4. The topological polar surface area (TPSA) is 135 Å². The summed E-state index contributed by atoms with van der Waals surface area (Å²) in [4.78, 5) is 23.4. The van der Waals surface area contributed by atoms with Crippen LogP contribution in [0.4, 0.5) is 10.6 Å². The zero-order valence-electron chi connectivity index (χ0n) is 21.9. The van der Waals surface area contributed by atoms with Crippen LogP contribution in [0.3, 0.4) is 0 Å². The molecule has 1 atom stereocenters. The van der Waals surface area contributed by atoms with Crippen LogP contribution in [-0.2, 0) is 4.74 Å². The molecule has 4 rings (SSSR count). The number of hydrogen-bond donors (Lipinski definition) is 3. The van der Waals surface area contributed by atoms with Crippen LogP contribution in [0.1, 0.15) is 23.9 Å². The molecule has 1 aliphatic heterocycles. The molecule has 1 fully saturated rings. The third-order valence-corrected chi connectivity index (χ3v) is 6.14. The van der Waals surface area contributed by atoms with E-state index in [-0.39, 0.29) is 18.7 Å². The maximum absolute atomic E-state index is 12.0. The summed E-state index contributed by atoms with van der Waals surface area (Å²) in [5.74, 6) is 2.45. The van der Waals surface area contributed by atoms with Crippen molar-refractivity contribution in [3.63, 3.8) is 0 Å². The minimum atomic E-state index is -0.622. The van der Waals surface area contributed by atoms with E-state index in [1.54, 1.807) is 18.9 Å². The first kappa shape index (κ1) is 26.4. The van der Waals surface area contributed by atoms with Crippen LogP contribution in [0.15, 0.2) is 28.8 Å². The number of hydrogen-bond acceptors (Lipinski definition) is 10. The van der Waals surface area contributed by atoms with Crippen LogP contribution in [-0.4, -0.2) is 83.3 Å². The van der Waals surface area contributed by atoms with Crippen LogP contribution < -0.4 is 15.4 Å². The molecule has 3 heterocycles. The molecule has 198 valence electrons. The van der Waals surface area contributed by atoms with E-state index in [0.717, 1.165) is 28.1 Å². The Bertz CT molecular complexity index is 1220. The fourth-order valence-corrected chi connectivity index (χ4v) is 4.19. The zero-order chi connectivity index (χ0) is 26.5. The number of rotatable bonds is 10. The largest absolute Gasteiger partial charge is 0.491 e. The number of carbonyl (C=O) groups excluding carboxylic acids is 1. The number of carbonyl (C=O) groups is 1. The Morgan fingerprint density at radius 1 is 1.27 bits per heavy atom. The van der Waals surface area contributed by atoms with Gasteiger partial charge in [0.1, 0.15) is 30.0 Å². The van der Waals surface area contributed by atoms with Crippen LogP contribution in [0, 0.1) is 20.8 Å². The first-order valence-corrected chi connectivity index (χ1v) is 12.4. The standard InChI is InChI=1S/C26H34N6O5/c1-6-35-26(34)32-12-19(13-32)28-24-15(2)23(22-16(3)31-37-17(22)4)29-25(30-24)18-8-7-9-21(10-18)36-14-20(33)11-27-5/h7-10,19-20,27,33H,6,11-14H2,1-5H3,(H,28,29,30). The molecule has 1 amide bonds. The Kier molecular flexibility index (Phi) is 8.24. The van der Waals surface area contributed by atoms with Crippen molar-refractivity contribution in [2.75, 3.05) is 45.2 Å². The van der Waals surface area contributed by atoms with Gasteiger partial charge in [-0.25, -0.2) is 14.8 Å². The quantitative estimate of drug-likeness (QED) is 0.374. The van der Waals surface area contributed by atoms with E-state index in [9.17, 15) is 9.90 Å². The number of amides is 1. The van der Waals surface area contributed by atoms with Crippen LogP contribution >= 0.6 is 0 Å². The van der Waals surface area contributed by atoms with Crippen molar-refractivity contribution < 1.29 is 23.9 Å². The summed E-state index contributed by atoms with van der Waals surface area (Å²) in [5.41, 5.74) is 3.91. The maximum Gasteiger partial charge on any atom is 0.409 e. The summed E-state index contributed by atoms with van der Waals surface area (Å²) in [5, 5.41) is 20.5. The number of likely N-dealkylation sites (tertiary alicyclic amines) is 1. The van der Waals surface area contributed by atoms with Gasteiger partial charge in [-0.15, -0.1) is 0 Å². The molecule has 1 unspecified atom stereocenters. The molecule has 3 N–H and O–H groups in total. The summed E-state index contributed by atoms with van der Waals surface area (Å²) in [7, 11) is 1.78. The third-order valence-electron chi connectivity index (χ3n) is 6.14. The van der Waals surface area contributed by atoms with Gasteiger partial charge in [-0.2, -0.15) is 0 Å². The van der Waals surface area contributed by atoms with Crippen molar-refractivity contribution in [3.8, 4) is 28.4 Å². The molecule has 0 bridgehead atoms. The van der Waals surface area contributed by atoms with Gasteiger partial charge in [0.25, 0.3) is 0 Å². The normalized spacial score (nSPS) is 14.3. The molecule has 37 heavy (non-hydrogen) atoms. The Morgan fingerprint density at radius 3 is 2.73 bits per heavy atom. The lowest BCUT2D eigenvalue weighted by Gasteiger charge is -2.39. The van der Waals surface area contributed by atoms with Crippen LogP contribution in [0.2, 0.25) is 0 Å². The van der Waals surface area contributed by atoms with Gasteiger partial charge in [0.15, 0.2) is 5.82 Å². The molecule has 3 aromatic rings. The molecule has 0 radical (unpaired) electrons. The summed E-state index contributed by atoms with van der Waals surface area (Å²) in [6.45, 7) is 9.48. The number of ether oxygens (including phenoxy) is 2. The number of benzene rings is 1. The highest BCUT2D eigenvalue weighted by atomic mass is 16.6. The number of nitrogens with one attached hydrogen (secondary N) is 2. The second-order valence-corrected chi connectivity index (χ2v) is 9.06. The lowest BCUT2D eigenvalue weighted by Crippen LogP contribution is -2.57. The molecule has 2 aromatic heterocycles. The molecule has 11 heteroatoms. The van der Waals surface area contributed by atoms with Crippen molar-refractivity contribution in [3.05, 3.63) is 41.3 Å². The number of aliphatic hydroxyl groups is 1. The van der Waals surface area contributed by atoms with E-state index in [1.165, 1.54) is 0 Å². The first-order chi connectivity index (χ1) is 17.8. The van der Waals surface area contributed by atoms with Crippen molar-refractivity contribution in [1.82, 2.24) is 25.3 Å². The Hall–Kier alpha value is -3.70. The van der Waals surface area contributed by atoms with Crippen molar-refractivity contribution in [2.24, 2.45) is 0 Å². The van der Waals surface area contributed by atoms with E-state index < -0.39 is 6.10 Å². The highest BCUT2D eigenvalue weighted by Crippen LogP contribution is 2.34. The number of aryl methyl sites for hydroxylation is 2. The molecular formula is C26H34N6O5. The molecule has 11 nitrogen and oxygen atoms in total. The number of anilines is 1. The monoisotopic (exact) mass is 510 g/mol. The number of aliphatic hydroxyl groups excluding tert-OH is 1. The average molecular weight is 511 g/mol. The fourth-order valence-electron chi connectivity index (χ4n) is 4.19. The molecule has 0 spiro atoms. The minimum absolute atomic E-state index is 0.0340. The maximum atomic E-state index is 12.0. The number of likely N-dealkylation sites (N-methyl/N-ethyl adjacent to an activating group) is 1. The molecule has 1 saturated heterocycles. The summed E-state index contributed by atoms with van der Waals surface area (Å²) >= 11 is 0. The lowest BCUT2D eigenvalue weighted by molar-refractivity contribution is 0.0795. The lowest BCUT2D eigenvalue weighted by atomic mass is 10.0. The van der Waals surface area contributed by atoms with Gasteiger partial charge >= 0.3 is 6.09 Å². The van der Waals surface area contributed by atoms with Crippen molar-refractivity contribution in [1.29, 1.82) is 0 Å². The van der Waals surface area contributed by atoms with Gasteiger partial charge in [-0.3, -0.25) is 0 Å². The van der Waals surface area contributed by atoms with Gasteiger partial charge in [-0.05, 0) is 46.9 Å². The second kappa shape index (κ2) is 11.6. The summed E-state index contributed by atoms with van der Waals surface area (Å²) in [6, 6.07) is 7.49. The Balaban J connectivity index is 1.64. The molecule has 1 aromatic carbocycles. The zero-order valence-corrected chi connectivity index (χ0v) is 21.9. The van der Waals surface area contributed by atoms with E-state index >= 15 is 0 Å². The molecule has 0 aliphatic carbocycles. The fraction of sp³-hybridized carbons (Fsp3) is 0.462. The number of nitrogens with zero attached hydrogens (tertiary/aromatic N) is 4. The molecule has 1 aliphatic rings. The third kappa shape index (κ3) is 6.00. The van der Waals surface area contributed by atoms with E-state index in [1.807, 2.05) is 45.0 Å². The van der Waals surface area contributed by atoms with Gasteiger partial charge in [-0.1, -0.05) is 17.3 Å². The second-order valence-electron chi connectivity index (χ2n) is 9.06. The molecule has 0 saturated carbocycles. The average Bonchev–Trinajstić information content (AvgIpc) is 3.18. The van der Waals surface area contributed by atoms with Crippen molar-refractivity contribution in [2.45, 2.75) is 39.8 Å². The van der Waals surface area contributed by atoms with E-state index in [2.05, 4.69) is 15.8 Å². The molecular weight excluding hydrogens is 476 g/mol. The van der Waals surface area contributed by atoms with Crippen LogP contribution in [0.5, 0.6) is 5.75 Å². The van der Waals surface area contributed by atoms with Gasteiger partial charge in [0, 0.05) is 30.8 Å².